The average molecular weight is 545 g/mol. The van der Waals surface area contributed by atoms with Gasteiger partial charge in [0.2, 0.25) is 0 Å². The van der Waals surface area contributed by atoms with Crippen molar-refractivity contribution in [1.29, 1.82) is 0 Å². The van der Waals surface area contributed by atoms with Gasteiger partial charge in [-0.25, -0.2) is 18.2 Å². The SMILES string of the molecule is C[C@]12CCCN1N(Cc1cccc(Cl)c1F)C(=O)C(C(=O)Nc1cc(F)c(Br)c(F)c1)=C2O. The van der Waals surface area contributed by atoms with Gasteiger partial charge in [0.15, 0.2) is 0 Å². The number of carbonyl (C=O) groups excluding carboxylic acids is 2. The minimum absolute atomic E-state index is 0.114. The zero-order valence-electron chi connectivity index (χ0n) is 17.3. The molecule has 2 aliphatic heterocycles. The van der Waals surface area contributed by atoms with Gasteiger partial charge in [0, 0.05) is 17.8 Å². The molecule has 1 fully saturated rings. The lowest BCUT2D eigenvalue weighted by atomic mass is 9.90. The van der Waals surface area contributed by atoms with Gasteiger partial charge in [0.25, 0.3) is 11.8 Å². The molecule has 2 heterocycles. The summed E-state index contributed by atoms with van der Waals surface area (Å²) in [5.41, 5.74) is -1.78. The van der Waals surface area contributed by atoms with Crippen LogP contribution >= 0.6 is 27.5 Å². The topological polar surface area (TPSA) is 72.9 Å². The lowest BCUT2D eigenvalue weighted by Gasteiger charge is -2.46. The van der Waals surface area contributed by atoms with Crippen LogP contribution in [0, 0.1) is 17.5 Å². The standard InChI is InChI=1S/C22H18BrClF3N3O3/c1-22-6-3-7-30(22)29(10-11-4-2-5-13(24)18(11)27)21(33)16(19(22)31)20(32)28-12-8-14(25)17(23)15(26)9-12/h2,4-5,8-9,31H,3,6-7,10H2,1H3,(H,28,32)/t22-/m1/s1. The van der Waals surface area contributed by atoms with Crippen molar-refractivity contribution in [1.82, 2.24) is 10.0 Å². The number of nitrogens with one attached hydrogen (secondary N) is 1. The van der Waals surface area contributed by atoms with E-state index in [0.717, 1.165) is 12.1 Å². The Bertz CT molecular complexity index is 1190. The summed E-state index contributed by atoms with van der Waals surface area (Å²) in [4.78, 5) is 26.3. The number of amides is 2. The number of halogens is 5. The van der Waals surface area contributed by atoms with E-state index in [1.165, 1.54) is 23.2 Å². The molecule has 4 rings (SSSR count). The Balaban J connectivity index is 1.72. The summed E-state index contributed by atoms with van der Waals surface area (Å²) in [7, 11) is 0. The van der Waals surface area contributed by atoms with Crippen LogP contribution in [0.5, 0.6) is 0 Å². The normalized spacial score (nSPS) is 20.9. The van der Waals surface area contributed by atoms with Crippen LogP contribution in [0.15, 0.2) is 46.1 Å². The lowest BCUT2D eigenvalue weighted by Crippen LogP contribution is -2.60. The molecule has 0 spiro atoms. The predicted molar refractivity (Wildman–Crippen MR) is 119 cm³/mol. The van der Waals surface area contributed by atoms with Crippen molar-refractivity contribution < 1.29 is 27.9 Å². The number of rotatable bonds is 4. The highest BCUT2D eigenvalue weighted by atomic mass is 79.9. The fraction of sp³-hybridized carbons (Fsp3) is 0.273. The Morgan fingerprint density at radius 2 is 1.94 bits per heavy atom. The summed E-state index contributed by atoms with van der Waals surface area (Å²) in [5.74, 6) is -4.97. The molecule has 11 heteroatoms. The minimum Gasteiger partial charge on any atom is -0.509 e. The second-order valence-corrected chi connectivity index (χ2v) is 9.21. The van der Waals surface area contributed by atoms with Crippen molar-refractivity contribution in [2.45, 2.75) is 31.8 Å². The Morgan fingerprint density at radius 3 is 2.61 bits per heavy atom. The van der Waals surface area contributed by atoms with Crippen LogP contribution in [0.3, 0.4) is 0 Å². The highest BCUT2D eigenvalue weighted by Crippen LogP contribution is 2.42. The first-order chi connectivity index (χ1) is 15.5. The fourth-order valence-corrected chi connectivity index (χ4v) is 4.62. The molecule has 33 heavy (non-hydrogen) atoms. The first kappa shape index (κ1) is 23.6. The molecule has 2 aromatic rings. The van der Waals surface area contributed by atoms with Crippen molar-refractivity contribution in [2.75, 3.05) is 11.9 Å². The molecule has 0 aromatic heterocycles. The van der Waals surface area contributed by atoms with E-state index in [9.17, 15) is 27.9 Å². The minimum atomic E-state index is -1.09. The maximum Gasteiger partial charge on any atom is 0.277 e. The summed E-state index contributed by atoms with van der Waals surface area (Å²) in [6.07, 6.45) is 1.04. The van der Waals surface area contributed by atoms with Crippen molar-refractivity contribution in [3.63, 3.8) is 0 Å². The first-order valence-electron chi connectivity index (χ1n) is 9.96. The molecule has 2 N–H and O–H groups in total. The van der Waals surface area contributed by atoms with E-state index in [2.05, 4.69) is 21.2 Å². The van der Waals surface area contributed by atoms with Gasteiger partial charge in [0.1, 0.15) is 28.8 Å². The summed E-state index contributed by atoms with van der Waals surface area (Å²) in [6, 6.07) is 6.12. The Morgan fingerprint density at radius 1 is 1.27 bits per heavy atom. The van der Waals surface area contributed by atoms with Gasteiger partial charge in [-0.1, -0.05) is 23.7 Å². The molecule has 0 bridgehead atoms. The van der Waals surface area contributed by atoms with E-state index in [4.69, 9.17) is 11.6 Å². The highest BCUT2D eigenvalue weighted by Gasteiger charge is 2.52. The highest BCUT2D eigenvalue weighted by molar-refractivity contribution is 9.10. The number of hydrogen-bond acceptors (Lipinski definition) is 4. The summed E-state index contributed by atoms with van der Waals surface area (Å²) >= 11 is 8.61. The molecular weight excluding hydrogens is 527 g/mol. The zero-order valence-corrected chi connectivity index (χ0v) is 19.6. The molecule has 2 aliphatic rings. The van der Waals surface area contributed by atoms with E-state index < -0.39 is 50.6 Å². The molecular formula is C22H18BrClF3N3O3. The van der Waals surface area contributed by atoms with Crippen molar-refractivity contribution >= 4 is 45.0 Å². The number of fused-ring (bicyclic) bond motifs is 1. The number of carbonyl (C=O) groups is 2. The van der Waals surface area contributed by atoms with Crippen LogP contribution in [-0.4, -0.2) is 39.0 Å². The fourth-order valence-electron chi connectivity index (χ4n) is 4.20. The number of hydrogen-bond donors (Lipinski definition) is 2. The largest absolute Gasteiger partial charge is 0.509 e. The monoisotopic (exact) mass is 543 g/mol. The number of hydrazine groups is 1. The average Bonchev–Trinajstić information content (AvgIpc) is 3.15. The van der Waals surface area contributed by atoms with Crippen LogP contribution in [-0.2, 0) is 16.1 Å². The molecule has 0 saturated carbocycles. The first-order valence-corrected chi connectivity index (χ1v) is 11.1. The van der Waals surface area contributed by atoms with Gasteiger partial charge in [-0.2, -0.15) is 0 Å². The van der Waals surface area contributed by atoms with Gasteiger partial charge in [-0.05, 0) is 53.9 Å². The molecule has 6 nitrogen and oxygen atoms in total. The third-order valence-corrected chi connectivity index (χ3v) is 6.96. The maximum absolute atomic E-state index is 14.5. The quantitative estimate of drug-likeness (QED) is 0.416. The molecule has 0 aliphatic carbocycles. The van der Waals surface area contributed by atoms with Crippen LogP contribution < -0.4 is 5.32 Å². The smallest absolute Gasteiger partial charge is 0.277 e. The van der Waals surface area contributed by atoms with E-state index in [1.54, 1.807) is 11.9 Å². The Hall–Kier alpha value is -2.56. The molecule has 2 aromatic carbocycles. The van der Waals surface area contributed by atoms with E-state index in [0.29, 0.717) is 19.4 Å². The van der Waals surface area contributed by atoms with E-state index in [1.807, 2.05) is 0 Å². The molecule has 0 radical (unpaired) electrons. The van der Waals surface area contributed by atoms with Gasteiger partial charge >= 0.3 is 0 Å². The van der Waals surface area contributed by atoms with Crippen molar-refractivity contribution in [3.8, 4) is 0 Å². The van der Waals surface area contributed by atoms with E-state index in [-0.39, 0.29) is 22.8 Å². The predicted octanol–water partition coefficient (Wildman–Crippen LogP) is 5.08. The third-order valence-electron chi connectivity index (χ3n) is 5.91. The molecule has 1 saturated heterocycles. The number of aliphatic hydroxyl groups excluding tert-OH is 1. The Labute approximate surface area is 200 Å². The van der Waals surface area contributed by atoms with Crippen LogP contribution in [0.2, 0.25) is 5.02 Å². The van der Waals surface area contributed by atoms with E-state index >= 15 is 0 Å². The molecule has 2 amide bonds. The number of aliphatic hydroxyl groups is 1. The zero-order chi connectivity index (χ0) is 24.1. The number of nitrogens with zero attached hydrogens (tertiary/aromatic N) is 2. The van der Waals surface area contributed by atoms with Crippen molar-refractivity contribution in [3.05, 3.63) is 74.2 Å². The van der Waals surface area contributed by atoms with Crippen LogP contribution in [0.4, 0.5) is 18.9 Å². The second kappa shape index (κ2) is 8.66. The summed E-state index contributed by atoms with van der Waals surface area (Å²) in [5, 5.41) is 15.9. The molecule has 0 unspecified atom stereocenters. The lowest BCUT2D eigenvalue weighted by molar-refractivity contribution is -0.160. The molecule has 174 valence electrons. The number of benzene rings is 2. The van der Waals surface area contributed by atoms with Gasteiger partial charge < -0.3 is 10.4 Å². The second-order valence-electron chi connectivity index (χ2n) is 8.01. The molecule has 1 atom stereocenters. The number of anilines is 1. The third kappa shape index (κ3) is 4.00. The summed E-state index contributed by atoms with van der Waals surface area (Å²) in [6.45, 7) is 1.83. The van der Waals surface area contributed by atoms with Crippen molar-refractivity contribution in [2.24, 2.45) is 0 Å². The van der Waals surface area contributed by atoms with Gasteiger partial charge in [-0.15, -0.1) is 0 Å². The van der Waals surface area contributed by atoms with Crippen LogP contribution in [0.25, 0.3) is 0 Å². The van der Waals surface area contributed by atoms with Gasteiger partial charge in [-0.3, -0.25) is 14.6 Å². The Kier molecular flexibility index (Phi) is 6.19. The van der Waals surface area contributed by atoms with Gasteiger partial charge in [0.05, 0.1) is 21.6 Å². The van der Waals surface area contributed by atoms with Crippen LogP contribution in [0.1, 0.15) is 25.3 Å². The maximum atomic E-state index is 14.5. The summed E-state index contributed by atoms with van der Waals surface area (Å²) < 4.78 is 41.9.